The van der Waals surface area contributed by atoms with E-state index in [1.54, 1.807) is 12.1 Å². The van der Waals surface area contributed by atoms with Gasteiger partial charge in [-0.05, 0) is 30.5 Å². The first kappa shape index (κ1) is 12.7. The number of anilines is 1. The number of rotatable bonds is 4. The Hall–Kier alpha value is -0.760. The normalized spacial score (nSPS) is 17.1. The SMILES string of the molecule is Fc1cc(Cl)ccc1NCCC1CCCCC1. The largest absolute Gasteiger partial charge is 0.383 e. The highest BCUT2D eigenvalue weighted by molar-refractivity contribution is 6.30. The quantitative estimate of drug-likeness (QED) is 0.810. The Bertz CT molecular complexity index is 361. The van der Waals surface area contributed by atoms with Gasteiger partial charge in [0, 0.05) is 11.6 Å². The molecule has 2 rings (SSSR count). The van der Waals surface area contributed by atoms with Crippen LogP contribution in [0.4, 0.5) is 10.1 Å². The molecule has 1 aliphatic carbocycles. The van der Waals surface area contributed by atoms with Crippen LogP contribution in [0.15, 0.2) is 18.2 Å². The predicted molar refractivity (Wildman–Crippen MR) is 71.1 cm³/mol. The average molecular weight is 256 g/mol. The van der Waals surface area contributed by atoms with Crippen LogP contribution in [0.5, 0.6) is 0 Å². The summed E-state index contributed by atoms with van der Waals surface area (Å²) < 4.78 is 13.5. The van der Waals surface area contributed by atoms with Gasteiger partial charge in [-0.3, -0.25) is 0 Å². The molecule has 0 aromatic heterocycles. The van der Waals surface area contributed by atoms with Crippen molar-refractivity contribution in [2.75, 3.05) is 11.9 Å². The van der Waals surface area contributed by atoms with Crippen molar-refractivity contribution in [1.82, 2.24) is 0 Å². The zero-order valence-corrected chi connectivity index (χ0v) is 10.8. The lowest BCUT2D eigenvalue weighted by Crippen LogP contribution is -2.12. The number of nitrogens with one attached hydrogen (secondary N) is 1. The van der Waals surface area contributed by atoms with Crippen molar-refractivity contribution in [2.24, 2.45) is 5.92 Å². The molecule has 1 aliphatic rings. The fourth-order valence-corrected chi connectivity index (χ4v) is 2.68. The highest BCUT2D eigenvalue weighted by Crippen LogP contribution is 2.26. The third-order valence-electron chi connectivity index (χ3n) is 3.52. The topological polar surface area (TPSA) is 12.0 Å². The van der Waals surface area contributed by atoms with Crippen molar-refractivity contribution in [3.8, 4) is 0 Å². The molecule has 0 unspecified atom stereocenters. The fourth-order valence-electron chi connectivity index (χ4n) is 2.52. The Labute approximate surface area is 107 Å². The maximum Gasteiger partial charge on any atom is 0.147 e. The Morgan fingerprint density at radius 1 is 1.24 bits per heavy atom. The van der Waals surface area contributed by atoms with Gasteiger partial charge in [-0.15, -0.1) is 0 Å². The van der Waals surface area contributed by atoms with E-state index in [1.807, 2.05) is 0 Å². The van der Waals surface area contributed by atoms with Gasteiger partial charge in [-0.1, -0.05) is 43.7 Å². The molecule has 0 atom stereocenters. The van der Waals surface area contributed by atoms with Gasteiger partial charge in [-0.2, -0.15) is 0 Å². The first-order valence-corrected chi connectivity index (χ1v) is 6.82. The molecule has 0 bridgehead atoms. The third-order valence-corrected chi connectivity index (χ3v) is 3.76. The van der Waals surface area contributed by atoms with E-state index in [-0.39, 0.29) is 5.82 Å². The van der Waals surface area contributed by atoms with Gasteiger partial charge >= 0.3 is 0 Å². The number of halogens is 2. The minimum absolute atomic E-state index is 0.263. The van der Waals surface area contributed by atoms with Gasteiger partial charge in [-0.25, -0.2) is 4.39 Å². The molecule has 0 heterocycles. The summed E-state index contributed by atoms with van der Waals surface area (Å²) in [7, 11) is 0. The summed E-state index contributed by atoms with van der Waals surface area (Å²) in [5, 5.41) is 3.60. The summed E-state index contributed by atoms with van der Waals surface area (Å²) in [4.78, 5) is 0. The summed E-state index contributed by atoms with van der Waals surface area (Å²) in [6.07, 6.45) is 7.92. The van der Waals surface area contributed by atoms with Crippen molar-refractivity contribution in [3.05, 3.63) is 29.0 Å². The highest BCUT2D eigenvalue weighted by Gasteiger charge is 2.12. The van der Waals surface area contributed by atoms with E-state index in [2.05, 4.69) is 5.32 Å². The second-order valence-corrected chi connectivity index (χ2v) is 5.28. The van der Waals surface area contributed by atoms with Crippen LogP contribution in [-0.2, 0) is 0 Å². The molecule has 0 saturated heterocycles. The van der Waals surface area contributed by atoms with Crippen LogP contribution < -0.4 is 5.32 Å². The van der Waals surface area contributed by atoms with E-state index in [4.69, 9.17) is 11.6 Å². The van der Waals surface area contributed by atoms with Crippen molar-refractivity contribution in [2.45, 2.75) is 38.5 Å². The first-order chi connectivity index (χ1) is 8.25. The molecule has 1 saturated carbocycles. The van der Waals surface area contributed by atoms with Crippen molar-refractivity contribution < 1.29 is 4.39 Å². The smallest absolute Gasteiger partial charge is 0.147 e. The minimum Gasteiger partial charge on any atom is -0.383 e. The van der Waals surface area contributed by atoms with Gasteiger partial charge in [0.1, 0.15) is 5.82 Å². The van der Waals surface area contributed by atoms with E-state index in [0.717, 1.165) is 18.9 Å². The first-order valence-electron chi connectivity index (χ1n) is 6.44. The van der Waals surface area contributed by atoms with Crippen molar-refractivity contribution in [1.29, 1.82) is 0 Å². The van der Waals surface area contributed by atoms with Gasteiger partial charge < -0.3 is 5.32 Å². The molecule has 1 aromatic rings. The lowest BCUT2D eigenvalue weighted by Gasteiger charge is -2.21. The summed E-state index contributed by atoms with van der Waals surface area (Å²) >= 11 is 5.70. The van der Waals surface area contributed by atoms with Crippen molar-refractivity contribution in [3.63, 3.8) is 0 Å². The Morgan fingerprint density at radius 2 is 2.00 bits per heavy atom. The lowest BCUT2D eigenvalue weighted by molar-refractivity contribution is 0.345. The Balaban J connectivity index is 1.77. The maximum atomic E-state index is 13.5. The maximum absolute atomic E-state index is 13.5. The summed E-state index contributed by atoms with van der Waals surface area (Å²) in [5.74, 6) is 0.563. The molecule has 1 nitrogen and oxygen atoms in total. The van der Waals surface area contributed by atoms with Crippen LogP contribution >= 0.6 is 11.6 Å². The van der Waals surface area contributed by atoms with Gasteiger partial charge in [0.25, 0.3) is 0 Å². The molecular formula is C14H19ClFN. The summed E-state index contributed by atoms with van der Waals surface area (Å²) in [6, 6.07) is 4.77. The molecule has 0 radical (unpaired) electrons. The molecule has 1 aromatic carbocycles. The molecule has 0 amide bonds. The van der Waals surface area contributed by atoms with Gasteiger partial charge in [0.05, 0.1) is 5.69 Å². The fraction of sp³-hybridized carbons (Fsp3) is 0.571. The zero-order chi connectivity index (χ0) is 12.1. The summed E-state index contributed by atoms with van der Waals surface area (Å²) in [6.45, 7) is 0.850. The van der Waals surface area contributed by atoms with Crippen LogP contribution in [0.3, 0.4) is 0 Å². The van der Waals surface area contributed by atoms with E-state index < -0.39 is 0 Å². The zero-order valence-electron chi connectivity index (χ0n) is 10.0. The molecule has 0 aliphatic heterocycles. The van der Waals surface area contributed by atoms with E-state index >= 15 is 0 Å². The molecular weight excluding hydrogens is 237 g/mol. The summed E-state index contributed by atoms with van der Waals surface area (Å²) in [5.41, 5.74) is 0.560. The van der Waals surface area contributed by atoms with Gasteiger partial charge in [0.15, 0.2) is 0 Å². The molecule has 0 spiro atoms. The second-order valence-electron chi connectivity index (χ2n) is 4.84. The van der Waals surface area contributed by atoms with E-state index in [1.165, 1.54) is 38.2 Å². The van der Waals surface area contributed by atoms with Crippen molar-refractivity contribution >= 4 is 17.3 Å². The van der Waals surface area contributed by atoms with Crippen LogP contribution in [0.1, 0.15) is 38.5 Å². The van der Waals surface area contributed by atoms with Crippen LogP contribution in [-0.4, -0.2) is 6.54 Å². The number of hydrogen-bond donors (Lipinski definition) is 1. The van der Waals surface area contributed by atoms with Crippen LogP contribution in [0.2, 0.25) is 5.02 Å². The molecule has 3 heteroatoms. The number of hydrogen-bond acceptors (Lipinski definition) is 1. The molecule has 1 N–H and O–H groups in total. The standard InChI is InChI=1S/C14H19ClFN/c15-12-6-7-14(13(16)10-12)17-9-8-11-4-2-1-3-5-11/h6-7,10-11,17H,1-5,8-9H2. The monoisotopic (exact) mass is 255 g/mol. The Kier molecular flexibility index (Phi) is 4.66. The Morgan fingerprint density at radius 3 is 2.71 bits per heavy atom. The van der Waals surface area contributed by atoms with Crippen LogP contribution in [0.25, 0.3) is 0 Å². The lowest BCUT2D eigenvalue weighted by atomic mass is 9.87. The molecule has 17 heavy (non-hydrogen) atoms. The average Bonchev–Trinajstić information content (AvgIpc) is 2.33. The number of benzene rings is 1. The highest BCUT2D eigenvalue weighted by atomic mass is 35.5. The second kappa shape index (κ2) is 6.25. The van der Waals surface area contributed by atoms with E-state index in [0.29, 0.717) is 10.7 Å². The van der Waals surface area contributed by atoms with Gasteiger partial charge in [0.2, 0.25) is 0 Å². The molecule has 94 valence electrons. The van der Waals surface area contributed by atoms with E-state index in [9.17, 15) is 4.39 Å². The third kappa shape index (κ3) is 3.88. The van der Waals surface area contributed by atoms with Crippen LogP contribution in [0, 0.1) is 11.7 Å². The molecule has 1 fully saturated rings. The minimum atomic E-state index is -0.263. The predicted octanol–water partition coefficient (Wildman–Crippen LogP) is 4.86.